The van der Waals surface area contributed by atoms with E-state index in [1.807, 2.05) is 4.90 Å². The number of thiazole rings is 1. The number of carbonyl (C=O) groups is 1. The molecule has 0 spiro atoms. The lowest BCUT2D eigenvalue weighted by atomic mass is 9.94. The van der Waals surface area contributed by atoms with Crippen LogP contribution in [0.1, 0.15) is 54.0 Å². The number of hydrogen-bond acceptors (Lipinski definition) is 10. The van der Waals surface area contributed by atoms with Crippen molar-refractivity contribution in [2.45, 2.75) is 50.9 Å². The van der Waals surface area contributed by atoms with E-state index < -0.39 is 81.0 Å². The van der Waals surface area contributed by atoms with Crippen LogP contribution in [0.2, 0.25) is 0 Å². The second-order valence-electron chi connectivity index (χ2n) is 15.0. The number of halogens is 7. The zero-order chi connectivity index (χ0) is 43.1. The highest BCUT2D eigenvalue weighted by atomic mass is 32.2. The first-order valence-electron chi connectivity index (χ1n) is 18.6. The first-order chi connectivity index (χ1) is 28.2. The van der Waals surface area contributed by atoms with Crippen molar-refractivity contribution in [3.8, 4) is 11.1 Å². The van der Waals surface area contributed by atoms with Crippen molar-refractivity contribution in [3.63, 3.8) is 0 Å². The number of amides is 1. The highest BCUT2D eigenvalue weighted by Gasteiger charge is 2.57. The van der Waals surface area contributed by atoms with Gasteiger partial charge in [-0.05, 0) is 42.2 Å². The van der Waals surface area contributed by atoms with Gasteiger partial charge in [0.25, 0.3) is 5.92 Å². The molecular formula is C38H36F7N9O4S2. The molecule has 1 aliphatic heterocycles. The summed E-state index contributed by atoms with van der Waals surface area (Å²) < 4.78 is 138. The molecule has 22 heteroatoms. The number of benzene rings is 2. The van der Waals surface area contributed by atoms with Crippen LogP contribution in [0.15, 0.2) is 42.5 Å². The molecule has 0 saturated carbocycles. The van der Waals surface area contributed by atoms with Gasteiger partial charge in [0.1, 0.15) is 23.9 Å². The number of ether oxygens (including phenoxy) is 1. The summed E-state index contributed by atoms with van der Waals surface area (Å²) >= 11 is 1.32. The third kappa shape index (κ3) is 7.63. The number of morpholine rings is 1. The molecule has 318 valence electrons. The maximum Gasteiger partial charge on any atom is 0.435 e. The summed E-state index contributed by atoms with van der Waals surface area (Å²) in [6.07, 6.45) is -4.48. The molecule has 5 heterocycles. The minimum absolute atomic E-state index is 0.0188. The van der Waals surface area contributed by atoms with E-state index in [1.165, 1.54) is 22.9 Å². The third-order valence-corrected chi connectivity index (χ3v) is 12.4. The minimum atomic E-state index is -5.10. The first kappa shape index (κ1) is 41.4. The predicted octanol–water partition coefficient (Wildman–Crippen LogP) is 6.89. The lowest BCUT2D eigenvalue weighted by molar-refractivity contribution is -0.143. The number of nitrogens with one attached hydrogen (secondary N) is 2. The molecule has 13 nitrogen and oxygen atoms in total. The SMILES string of the molecule is C[C@@H]1c2c(C(F)(F)F)nn(CC(=O)N[C@@H](Cc3cc(F)cc(F)c3)c3nc4nc(N5CCOCC5)sc4cc3-c3cccc4c(NS(C)(=O)=O)nn(C)c34)c2C(F)(F)[C@@H]1C. The number of para-hydroxylation sites is 1. The molecule has 2 aromatic carbocycles. The molecule has 2 aliphatic rings. The quantitative estimate of drug-likeness (QED) is 0.140. The second kappa shape index (κ2) is 15.0. The topological polar surface area (TPSA) is 149 Å². The fraction of sp³-hybridized carbons (Fsp3) is 0.395. The van der Waals surface area contributed by atoms with Crippen LogP contribution in [0, 0.1) is 17.6 Å². The molecule has 60 heavy (non-hydrogen) atoms. The van der Waals surface area contributed by atoms with E-state index in [0.717, 1.165) is 25.3 Å². The lowest BCUT2D eigenvalue weighted by Gasteiger charge is -2.25. The van der Waals surface area contributed by atoms with Gasteiger partial charge in [-0.25, -0.2) is 22.2 Å². The Morgan fingerprint density at radius 1 is 1.03 bits per heavy atom. The van der Waals surface area contributed by atoms with Gasteiger partial charge in [-0.1, -0.05) is 37.3 Å². The van der Waals surface area contributed by atoms with Crippen molar-refractivity contribution in [1.82, 2.24) is 34.8 Å². The van der Waals surface area contributed by atoms with Gasteiger partial charge in [0.05, 0.1) is 41.4 Å². The summed E-state index contributed by atoms with van der Waals surface area (Å²) in [6, 6.07) is 8.11. The van der Waals surface area contributed by atoms with Crippen LogP contribution in [-0.2, 0) is 51.7 Å². The largest absolute Gasteiger partial charge is 0.435 e. The van der Waals surface area contributed by atoms with Gasteiger partial charge >= 0.3 is 6.18 Å². The molecule has 1 fully saturated rings. The predicted molar refractivity (Wildman–Crippen MR) is 208 cm³/mol. The zero-order valence-electron chi connectivity index (χ0n) is 32.2. The Kier molecular flexibility index (Phi) is 10.3. The average molecular weight is 880 g/mol. The molecule has 0 unspecified atom stereocenters. The van der Waals surface area contributed by atoms with Crippen LogP contribution < -0.4 is 14.9 Å². The third-order valence-electron chi connectivity index (χ3n) is 10.8. The monoisotopic (exact) mass is 879 g/mol. The number of hydrogen-bond donors (Lipinski definition) is 2. The van der Waals surface area contributed by atoms with Crippen LogP contribution in [0.5, 0.6) is 0 Å². The summed E-state index contributed by atoms with van der Waals surface area (Å²) in [7, 11) is -2.20. The lowest BCUT2D eigenvalue weighted by Crippen LogP contribution is -2.36. The minimum Gasteiger partial charge on any atom is -0.378 e. The van der Waals surface area contributed by atoms with Gasteiger partial charge in [0, 0.05) is 54.2 Å². The molecule has 0 bridgehead atoms. The Bertz CT molecular complexity index is 2760. The number of carbonyl (C=O) groups excluding carboxylic acids is 1. The molecule has 2 N–H and O–H groups in total. The van der Waals surface area contributed by atoms with Crippen molar-refractivity contribution in [3.05, 3.63) is 82.3 Å². The normalized spacial score (nSPS) is 18.6. The van der Waals surface area contributed by atoms with Gasteiger partial charge < -0.3 is 15.0 Å². The van der Waals surface area contributed by atoms with E-state index in [2.05, 4.69) is 20.2 Å². The highest BCUT2D eigenvalue weighted by molar-refractivity contribution is 7.92. The standard InChI is InChI=1S/C38H36F7N9O4S2/c1-18-19(2)37(41,42)33-29(18)32(38(43,44)45)49-54(33)17-28(55)46-26(14-20-12-21(39)15-22(40)13-20)30-25(16-27-35(47-30)48-36(59-27)53-8-10-58-11-9-53)23-6-5-7-24-31(23)52(3)50-34(24)51-60(4,56)57/h5-7,12-13,15-16,18-19,26H,8-11,14,17H2,1-4H3,(H,46,55)(H,50,51)/t18-,19+,26-/m0/s1. The Labute approximate surface area is 341 Å². The fourth-order valence-electron chi connectivity index (χ4n) is 7.96. The maximum atomic E-state index is 15.7. The Morgan fingerprint density at radius 2 is 1.73 bits per heavy atom. The summed E-state index contributed by atoms with van der Waals surface area (Å²) in [6.45, 7) is 3.29. The van der Waals surface area contributed by atoms with E-state index in [9.17, 15) is 35.2 Å². The fourth-order valence-corrected chi connectivity index (χ4v) is 9.46. The van der Waals surface area contributed by atoms with Gasteiger partial charge in [-0.2, -0.15) is 37.1 Å². The molecule has 1 aliphatic carbocycles. The van der Waals surface area contributed by atoms with Gasteiger partial charge in [-0.15, -0.1) is 0 Å². The molecular weight excluding hydrogens is 844 g/mol. The Morgan fingerprint density at radius 3 is 2.40 bits per heavy atom. The molecule has 0 radical (unpaired) electrons. The van der Waals surface area contributed by atoms with Gasteiger partial charge in [-0.3, -0.25) is 18.9 Å². The summed E-state index contributed by atoms with van der Waals surface area (Å²) in [5.74, 6) is -9.44. The van der Waals surface area contributed by atoms with Crippen molar-refractivity contribution in [2.75, 3.05) is 42.2 Å². The van der Waals surface area contributed by atoms with Crippen molar-refractivity contribution >= 4 is 59.5 Å². The number of pyridine rings is 1. The number of fused-ring (bicyclic) bond motifs is 3. The van der Waals surface area contributed by atoms with Gasteiger partial charge in [0.2, 0.25) is 15.9 Å². The smallest absolute Gasteiger partial charge is 0.378 e. The number of anilines is 2. The van der Waals surface area contributed by atoms with Crippen LogP contribution in [0.4, 0.5) is 41.7 Å². The summed E-state index contributed by atoms with van der Waals surface area (Å²) in [5.41, 5.74) is -1.68. The summed E-state index contributed by atoms with van der Waals surface area (Å²) in [5, 5.41) is 11.6. The molecule has 6 aromatic rings. The van der Waals surface area contributed by atoms with Crippen LogP contribution in [0.3, 0.4) is 0 Å². The van der Waals surface area contributed by atoms with Gasteiger partial charge in [0.15, 0.2) is 22.3 Å². The maximum absolute atomic E-state index is 15.7. The Hall–Kier alpha value is -5.35. The number of nitrogens with zero attached hydrogens (tertiary/aromatic N) is 7. The molecule has 8 rings (SSSR count). The van der Waals surface area contributed by atoms with E-state index in [4.69, 9.17) is 14.7 Å². The number of aromatic nitrogens is 6. The first-order valence-corrected chi connectivity index (χ1v) is 21.3. The van der Waals surface area contributed by atoms with Crippen molar-refractivity contribution in [2.24, 2.45) is 13.0 Å². The number of sulfonamides is 1. The second-order valence-corrected chi connectivity index (χ2v) is 17.7. The molecule has 1 amide bonds. The number of aryl methyl sites for hydroxylation is 1. The summed E-state index contributed by atoms with van der Waals surface area (Å²) in [4.78, 5) is 25.8. The van der Waals surface area contributed by atoms with E-state index in [1.54, 1.807) is 31.3 Å². The molecule has 1 saturated heterocycles. The molecule has 4 aromatic heterocycles. The average Bonchev–Trinajstić information content (AvgIpc) is 3.89. The van der Waals surface area contributed by atoms with Crippen molar-refractivity contribution in [1.29, 1.82) is 0 Å². The van der Waals surface area contributed by atoms with Crippen molar-refractivity contribution < 1.29 is 48.7 Å². The zero-order valence-corrected chi connectivity index (χ0v) is 33.9. The number of rotatable bonds is 10. The molecule has 3 atom stereocenters. The van der Waals surface area contributed by atoms with E-state index in [-0.39, 0.29) is 29.1 Å². The van der Waals surface area contributed by atoms with E-state index >= 15 is 8.78 Å². The highest BCUT2D eigenvalue weighted by Crippen LogP contribution is 2.55. The number of alkyl halides is 5. The Balaban J connectivity index is 1.30. The van der Waals surface area contributed by atoms with E-state index in [0.29, 0.717) is 68.9 Å². The van der Waals surface area contributed by atoms with Crippen LogP contribution in [0.25, 0.3) is 32.4 Å². The van der Waals surface area contributed by atoms with Crippen LogP contribution in [-0.4, -0.2) is 76.4 Å². The van der Waals surface area contributed by atoms with Crippen LogP contribution >= 0.6 is 11.3 Å².